The van der Waals surface area contributed by atoms with E-state index in [-0.39, 0.29) is 11.9 Å². The molecule has 1 aromatic rings. The van der Waals surface area contributed by atoms with Gasteiger partial charge in [0.05, 0.1) is 6.07 Å². The highest BCUT2D eigenvalue weighted by molar-refractivity contribution is 5.79. The first kappa shape index (κ1) is 11.8. The van der Waals surface area contributed by atoms with E-state index in [9.17, 15) is 4.79 Å². The maximum absolute atomic E-state index is 11.8. The van der Waals surface area contributed by atoms with Gasteiger partial charge in [-0.3, -0.25) is 4.79 Å². The van der Waals surface area contributed by atoms with Crippen LogP contribution in [-0.4, -0.2) is 30.1 Å². The first-order valence-electron chi connectivity index (χ1n) is 6.35. The van der Waals surface area contributed by atoms with Crippen molar-refractivity contribution in [3.05, 3.63) is 23.8 Å². The van der Waals surface area contributed by atoms with Crippen LogP contribution in [0.2, 0.25) is 0 Å². The number of carbonyl (C=O) groups excluding carboxylic acids is 1. The SMILES string of the molecule is N#CC1CCC(=O)N1Cc1ccc2c(c1)OCCO2. The van der Waals surface area contributed by atoms with E-state index >= 15 is 0 Å². The Balaban J connectivity index is 1.80. The Labute approximate surface area is 111 Å². The highest BCUT2D eigenvalue weighted by Crippen LogP contribution is 2.32. The summed E-state index contributed by atoms with van der Waals surface area (Å²) in [7, 11) is 0. The number of rotatable bonds is 2. The Morgan fingerprint density at radius 2 is 2.11 bits per heavy atom. The van der Waals surface area contributed by atoms with Gasteiger partial charge in [-0.2, -0.15) is 5.26 Å². The molecule has 0 N–H and O–H groups in total. The van der Waals surface area contributed by atoms with Gasteiger partial charge in [0, 0.05) is 13.0 Å². The number of hydrogen-bond donors (Lipinski definition) is 0. The van der Waals surface area contributed by atoms with E-state index in [1.165, 1.54) is 0 Å². The smallest absolute Gasteiger partial charge is 0.224 e. The Kier molecular flexibility index (Phi) is 3.00. The summed E-state index contributed by atoms with van der Waals surface area (Å²) in [5.41, 5.74) is 0.958. The summed E-state index contributed by atoms with van der Waals surface area (Å²) in [5.74, 6) is 1.49. The molecule has 0 bridgehead atoms. The fourth-order valence-electron chi connectivity index (χ4n) is 2.45. The van der Waals surface area contributed by atoms with E-state index in [2.05, 4.69) is 6.07 Å². The van der Waals surface area contributed by atoms with Crippen molar-refractivity contribution in [1.82, 2.24) is 4.90 Å². The lowest BCUT2D eigenvalue weighted by Gasteiger charge is -2.22. The molecule has 0 spiro atoms. The normalized spacial score (nSPS) is 21.3. The van der Waals surface area contributed by atoms with E-state index in [1.54, 1.807) is 4.90 Å². The first-order chi connectivity index (χ1) is 9.28. The van der Waals surface area contributed by atoms with E-state index in [0.29, 0.717) is 38.3 Å². The van der Waals surface area contributed by atoms with Gasteiger partial charge in [-0.25, -0.2) is 0 Å². The van der Waals surface area contributed by atoms with Crippen LogP contribution in [0, 0.1) is 11.3 Å². The zero-order valence-corrected chi connectivity index (χ0v) is 10.5. The first-order valence-corrected chi connectivity index (χ1v) is 6.35. The van der Waals surface area contributed by atoms with Gasteiger partial charge in [-0.1, -0.05) is 6.07 Å². The summed E-state index contributed by atoms with van der Waals surface area (Å²) < 4.78 is 11.0. The standard InChI is InChI=1S/C14H14N2O3/c15-8-11-2-4-14(17)16(11)9-10-1-3-12-13(7-10)19-6-5-18-12/h1,3,7,11H,2,4-6,9H2. The minimum absolute atomic E-state index is 0.0430. The largest absolute Gasteiger partial charge is 0.486 e. The Morgan fingerprint density at radius 3 is 2.89 bits per heavy atom. The second-order valence-electron chi connectivity index (χ2n) is 4.68. The molecule has 1 atom stereocenters. The molecule has 1 aromatic carbocycles. The topological polar surface area (TPSA) is 62.6 Å². The van der Waals surface area contributed by atoms with Crippen LogP contribution in [0.5, 0.6) is 11.5 Å². The Bertz CT molecular complexity index is 550. The molecule has 98 valence electrons. The van der Waals surface area contributed by atoms with Gasteiger partial charge in [0.1, 0.15) is 19.3 Å². The zero-order valence-electron chi connectivity index (χ0n) is 10.5. The number of carbonyl (C=O) groups is 1. The molecule has 1 amide bonds. The third-order valence-electron chi connectivity index (χ3n) is 3.44. The number of fused-ring (bicyclic) bond motifs is 1. The number of ether oxygens (including phenoxy) is 2. The molecule has 5 heteroatoms. The highest BCUT2D eigenvalue weighted by Gasteiger charge is 2.30. The molecular formula is C14H14N2O3. The number of amides is 1. The summed E-state index contributed by atoms with van der Waals surface area (Å²) in [6, 6.07) is 7.52. The molecular weight excluding hydrogens is 244 g/mol. The van der Waals surface area contributed by atoms with Crippen molar-refractivity contribution in [3.8, 4) is 17.6 Å². The molecule has 3 rings (SSSR count). The zero-order chi connectivity index (χ0) is 13.2. The van der Waals surface area contributed by atoms with Crippen LogP contribution in [0.25, 0.3) is 0 Å². The van der Waals surface area contributed by atoms with Gasteiger partial charge >= 0.3 is 0 Å². The third-order valence-corrected chi connectivity index (χ3v) is 3.44. The van der Waals surface area contributed by atoms with Crippen LogP contribution in [0.1, 0.15) is 18.4 Å². The van der Waals surface area contributed by atoms with Crippen LogP contribution in [0.3, 0.4) is 0 Å². The van der Waals surface area contributed by atoms with Crippen LogP contribution in [0.4, 0.5) is 0 Å². The van der Waals surface area contributed by atoms with Gasteiger partial charge in [-0.05, 0) is 24.1 Å². The second-order valence-corrected chi connectivity index (χ2v) is 4.68. The Hall–Kier alpha value is -2.22. The monoisotopic (exact) mass is 258 g/mol. The van der Waals surface area contributed by atoms with E-state index < -0.39 is 0 Å². The van der Waals surface area contributed by atoms with Gasteiger partial charge < -0.3 is 14.4 Å². The van der Waals surface area contributed by atoms with E-state index in [4.69, 9.17) is 14.7 Å². The lowest BCUT2D eigenvalue weighted by Crippen LogP contribution is -2.31. The number of likely N-dealkylation sites (tertiary alicyclic amines) is 1. The molecule has 0 saturated carbocycles. The van der Waals surface area contributed by atoms with Crippen molar-refractivity contribution in [2.24, 2.45) is 0 Å². The number of nitriles is 1. The predicted octanol–water partition coefficient (Wildman–Crippen LogP) is 1.47. The summed E-state index contributed by atoms with van der Waals surface area (Å²) in [5, 5.41) is 9.04. The molecule has 1 saturated heterocycles. The molecule has 1 unspecified atom stereocenters. The summed E-state index contributed by atoms with van der Waals surface area (Å²) >= 11 is 0. The van der Waals surface area contributed by atoms with Crippen molar-refractivity contribution >= 4 is 5.91 Å². The molecule has 19 heavy (non-hydrogen) atoms. The van der Waals surface area contributed by atoms with Crippen molar-refractivity contribution in [3.63, 3.8) is 0 Å². The van der Waals surface area contributed by atoms with Crippen LogP contribution >= 0.6 is 0 Å². The van der Waals surface area contributed by atoms with Crippen molar-refractivity contribution in [2.75, 3.05) is 13.2 Å². The minimum atomic E-state index is -0.305. The lowest BCUT2D eigenvalue weighted by atomic mass is 10.1. The number of benzene rings is 1. The van der Waals surface area contributed by atoms with Crippen LogP contribution < -0.4 is 9.47 Å². The molecule has 0 aliphatic carbocycles. The van der Waals surface area contributed by atoms with Crippen molar-refractivity contribution in [2.45, 2.75) is 25.4 Å². The lowest BCUT2D eigenvalue weighted by molar-refractivity contribution is -0.128. The summed E-state index contributed by atoms with van der Waals surface area (Å²) in [4.78, 5) is 13.4. The third kappa shape index (κ3) is 2.22. The maximum Gasteiger partial charge on any atom is 0.224 e. The van der Waals surface area contributed by atoms with Crippen LogP contribution in [0.15, 0.2) is 18.2 Å². The van der Waals surface area contributed by atoms with Gasteiger partial charge in [0.15, 0.2) is 11.5 Å². The van der Waals surface area contributed by atoms with E-state index in [0.717, 1.165) is 11.3 Å². The average Bonchev–Trinajstić information content (AvgIpc) is 2.79. The summed E-state index contributed by atoms with van der Waals surface area (Å²) in [6.45, 7) is 1.56. The summed E-state index contributed by atoms with van der Waals surface area (Å²) in [6.07, 6.45) is 1.09. The quantitative estimate of drug-likeness (QED) is 0.806. The average molecular weight is 258 g/mol. The maximum atomic E-state index is 11.8. The van der Waals surface area contributed by atoms with Gasteiger partial charge in [0.2, 0.25) is 5.91 Å². The number of nitrogens with zero attached hydrogens (tertiary/aromatic N) is 2. The molecule has 2 aliphatic heterocycles. The Morgan fingerprint density at radius 1 is 1.32 bits per heavy atom. The predicted molar refractivity (Wildman–Crippen MR) is 66.6 cm³/mol. The molecule has 0 radical (unpaired) electrons. The second kappa shape index (κ2) is 4.81. The fourth-order valence-corrected chi connectivity index (χ4v) is 2.45. The molecule has 1 fully saturated rings. The van der Waals surface area contributed by atoms with Crippen LogP contribution in [-0.2, 0) is 11.3 Å². The molecule has 2 aliphatic rings. The molecule has 2 heterocycles. The number of hydrogen-bond acceptors (Lipinski definition) is 4. The van der Waals surface area contributed by atoms with E-state index in [1.807, 2.05) is 18.2 Å². The minimum Gasteiger partial charge on any atom is -0.486 e. The molecule has 0 aromatic heterocycles. The van der Waals surface area contributed by atoms with Gasteiger partial charge in [0.25, 0.3) is 0 Å². The van der Waals surface area contributed by atoms with Crippen molar-refractivity contribution < 1.29 is 14.3 Å². The van der Waals surface area contributed by atoms with Crippen molar-refractivity contribution in [1.29, 1.82) is 5.26 Å². The highest BCUT2D eigenvalue weighted by atomic mass is 16.6. The fraction of sp³-hybridized carbons (Fsp3) is 0.429. The molecule has 5 nitrogen and oxygen atoms in total. The van der Waals surface area contributed by atoms with Gasteiger partial charge in [-0.15, -0.1) is 0 Å².